The molecule has 142 valence electrons. The number of piperidine rings is 1. The van der Waals surface area contributed by atoms with Gasteiger partial charge in [-0.2, -0.15) is 0 Å². The molecule has 26 heavy (non-hydrogen) atoms. The Hall–Kier alpha value is -1.85. The average Bonchev–Trinajstić information content (AvgIpc) is 2.93. The summed E-state index contributed by atoms with van der Waals surface area (Å²) in [4.78, 5) is 17.9. The van der Waals surface area contributed by atoms with Crippen molar-refractivity contribution in [2.75, 3.05) is 26.8 Å². The Labute approximate surface area is 155 Å². The summed E-state index contributed by atoms with van der Waals surface area (Å²) in [5.41, 5.74) is 4.27. The summed E-state index contributed by atoms with van der Waals surface area (Å²) in [5, 5.41) is 11.2. The van der Waals surface area contributed by atoms with Gasteiger partial charge in [-0.3, -0.25) is 9.69 Å². The molecule has 0 saturated carbocycles. The highest BCUT2D eigenvalue weighted by Crippen LogP contribution is 2.36. The number of aliphatic carboxylic acids is 1. The van der Waals surface area contributed by atoms with E-state index in [1.807, 2.05) is 0 Å². The van der Waals surface area contributed by atoms with Gasteiger partial charge in [-0.15, -0.1) is 0 Å². The average molecular weight is 358 g/mol. The van der Waals surface area contributed by atoms with Crippen molar-refractivity contribution in [3.63, 3.8) is 0 Å². The summed E-state index contributed by atoms with van der Waals surface area (Å²) in [5.74, 6) is -0.664. The number of ether oxygens (including phenoxy) is 1. The molecule has 1 fully saturated rings. The number of rotatable bonds is 7. The van der Waals surface area contributed by atoms with Gasteiger partial charge in [0.15, 0.2) is 0 Å². The topological polar surface area (TPSA) is 65.6 Å². The molecule has 0 radical (unpaired) electrons. The summed E-state index contributed by atoms with van der Waals surface area (Å²) >= 11 is 0. The third-order valence-electron chi connectivity index (χ3n) is 5.90. The molecule has 0 bridgehead atoms. The van der Waals surface area contributed by atoms with Crippen LogP contribution in [0.15, 0.2) is 18.2 Å². The van der Waals surface area contributed by atoms with Crippen LogP contribution in [0.25, 0.3) is 10.9 Å². The molecule has 1 aromatic carbocycles. The number of hydrogen-bond donors (Lipinski definition) is 2. The van der Waals surface area contributed by atoms with Crippen molar-refractivity contribution in [3.05, 3.63) is 35.0 Å². The number of carboxylic acid groups (broad SMARTS) is 1. The highest BCUT2D eigenvalue weighted by atomic mass is 16.5. The fourth-order valence-corrected chi connectivity index (χ4v) is 4.34. The van der Waals surface area contributed by atoms with Gasteiger partial charge in [-0.1, -0.05) is 18.2 Å². The molecule has 1 aliphatic heterocycles. The fraction of sp³-hybridized carbons (Fsp3) is 0.571. The van der Waals surface area contributed by atoms with Gasteiger partial charge in [-0.05, 0) is 57.2 Å². The number of aromatic nitrogens is 1. The highest BCUT2D eigenvalue weighted by Gasteiger charge is 2.41. The zero-order chi connectivity index (χ0) is 18.7. The van der Waals surface area contributed by atoms with E-state index in [0.717, 1.165) is 32.4 Å². The Morgan fingerprint density at radius 2 is 2.19 bits per heavy atom. The second kappa shape index (κ2) is 7.80. The van der Waals surface area contributed by atoms with Gasteiger partial charge in [0.2, 0.25) is 0 Å². The van der Waals surface area contributed by atoms with Gasteiger partial charge in [0.05, 0.1) is 5.41 Å². The van der Waals surface area contributed by atoms with Gasteiger partial charge >= 0.3 is 5.97 Å². The molecule has 1 aliphatic rings. The maximum absolute atomic E-state index is 12.0. The van der Waals surface area contributed by atoms with E-state index in [4.69, 9.17) is 4.74 Å². The van der Waals surface area contributed by atoms with E-state index in [2.05, 4.69) is 41.9 Å². The van der Waals surface area contributed by atoms with Crippen LogP contribution in [-0.2, 0) is 16.1 Å². The number of para-hydroxylation sites is 1. The third-order valence-corrected chi connectivity index (χ3v) is 5.90. The Kier molecular flexibility index (Phi) is 5.68. The zero-order valence-corrected chi connectivity index (χ0v) is 16.1. The first kappa shape index (κ1) is 18.9. The number of methoxy groups -OCH3 is 1. The van der Waals surface area contributed by atoms with E-state index in [-0.39, 0.29) is 0 Å². The maximum Gasteiger partial charge on any atom is 0.310 e. The smallest absolute Gasteiger partial charge is 0.310 e. The van der Waals surface area contributed by atoms with E-state index >= 15 is 0 Å². The molecule has 5 heteroatoms. The molecule has 2 N–H and O–H groups in total. The minimum absolute atomic E-state index is 0.611. The number of hydrogen-bond acceptors (Lipinski definition) is 3. The lowest BCUT2D eigenvalue weighted by molar-refractivity contribution is -0.153. The van der Waals surface area contributed by atoms with Crippen LogP contribution in [0.1, 0.15) is 42.5 Å². The van der Waals surface area contributed by atoms with Crippen LogP contribution in [0.2, 0.25) is 0 Å². The van der Waals surface area contributed by atoms with E-state index < -0.39 is 11.4 Å². The van der Waals surface area contributed by atoms with Gasteiger partial charge in [0.25, 0.3) is 0 Å². The summed E-state index contributed by atoms with van der Waals surface area (Å²) < 4.78 is 5.13. The van der Waals surface area contributed by atoms with Gasteiger partial charge < -0.3 is 14.8 Å². The number of carboxylic acids is 1. The number of fused-ring (bicyclic) bond motifs is 1. The second-order valence-corrected chi connectivity index (χ2v) is 7.72. The minimum atomic E-state index is -0.664. The van der Waals surface area contributed by atoms with Gasteiger partial charge in [0, 0.05) is 43.4 Å². The quantitative estimate of drug-likeness (QED) is 0.737. The van der Waals surface area contributed by atoms with Crippen LogP contribution in [0.5, 0.6) is 0 Å². The molecule has 0 aliphatic carbocycles. The van der Waals surface area contributed by atoms with Crippen molar-refractivity contribution < 1.29 is 14.6 Å². The van der Waals surface area contributed by atoms with E-state index in [1.165, 1.54) is 27.7 Å². The summed E-state index contributed by atoms with van der Waals surface area (Å²) in [6.07, 6.45) is 3.16. The standard InChI is InChI=1S/C21H30N2O3/c1-15-7-4-8-17-16(2)18(22-19(15)17)13-23-11-5-9-21(14-23,20(24)25)10-6-12-26-3/h4,7-8,22H,5-6,9-14H2,1-3H3,(H,24,25). The van der Waals surface area contributed by atoms with Gasteiger partial charge in [0.1, 0.15) is 0 Å². The minimum Gasteiger partial charge on any atom is -0.481 e. The first-order valence-corrected chi connectivity index (χ1v) is 9.48. The highest BCUT2D eigenvalue weighted by molar-refractivity contribution is 5.87. The predicted octanol–water partition coefficient (Wildman–Crippen LogP) is 3.88. The van der Waals surface area contributed by atoms with Crippen molar-refractivity contribution >= 4 is 16.9 Å². The molecule has 5 nitrogen and oxygen atoms in total. The van der Waals surface area contributed by atoms with Crippen LogP contribution in [0.4, 0.5) is 0 Å². The lowest BCUT2D eigenvalue weighted by Gasteiger charge is -2.40. The monoisotopic (exact) mass is 358 g/mol. The number of aryl methyl sites for hydroxylation is 2. The van der Waals surface area contributed by atoms with Crippen molar-refractivity contribution in [1.29, 1.82) is 0 Å². The van der Waals surface area contributed by atoms with Crippen molar-refractivity contribution in [3.8, 4) is 0 Å². The van der Waals surface area contributed by atoms with Crippen LogP contribution in [0, 0.1) is 19.3 Å². The fourth-order valence-electron chi connectivity index (χ4n) is 4.34. The number of benzene rings is 1. The summed E-state index contributed by atoms with van der Waals surface area (Å²) in [7, 11) is 1.67. The van der Waals surface area contributed by atoms with Crippen LogP contribution in [-0.4, -0.2) is 47.8 Å². The number of aromatic amines is 1. The SMILES string of the molecule is COCCCC1(C(=O)O)CCCN(Cc2[nH]c3c(C)cccc3c2C)C1. The van der Waals surface area contributed by atoms with Crippen LogP contribution >= 0.6 is 0 Å². The molecule has 2 heterocycles. The molecule has 0 amide bonds. The lowest BCUT2D eigenvalue weighted by Crippen LogP contribution is -2.47. The first-order valence-electron chi connectivity index (χ1n) is 9.48. The Balaban J connectivity index is 1.78. The van der Waals surface area contributed by atoms with E-state index in [9.17, 15) is 9.90 Å². The number of nitrogens with one attached hydrogen (secondary N) is 1. The number of H-pyrrole nitrogens is 1. The largest absolute Gasteiger partial charge is 0.481 e. The molecule has 1 saturated heterocycles. The summed E-state index contributed by atoms with van der Waals surface area (Å²) in [6.45, 7) is 7.23. The third kappa shape index (κ3) is 3.64. The van der Waals surface area contributed by atoms with E-state index in [0.29, 0.717) is 19.6 Å². The lowest BCUT2D eigenvalue weighted by atomic mass is 9.76. The van der Waals surface area contributed by atoms with Gasteiger partial charge in [-0.25, -0.2) is 0 Å². The Bertz CT molecular complexity index is 783. The molecule has 1 atom stereocenters. The van der Waals surface area contributed by atoms with E-state index in [1.54, 1.807) is 7.11 Å². The predicted molar refractivity (Wildman–Crippen MR) is 103 cm³/mol. The summed E-state index contributed by atoms with van der Waals surface area (Å²) in [6, 6.07) is 6.36. The van der Waals surface area contributed by atoms with Crippen LogP contribution < -0.4 is 0 Å². The normalized spacial score (nSPS) is 21.3. The molecular weight excluding hydrogens is 328 g/mol. The van der Waals surface area contributed by atoms with Crippen molar-refractivity contribution in [1.82, 2.24) is 9.88 Å². The second-order valence-electron chi connectivity index (χ2n) is 7.72. The van der Waals surface area contributed by atoms with Crippen molar-refractivity contribution in [2.45, 2.75) is 46.1 Å². The molecule has 1 aromatic heterocycles. The molecular formula is C21H30N2O3. The first-order chi connectivity index (χ1) is 12.5. The molecule has 3 rings (SSSR count). The maximum atomic E-state index is 12.0. The number of likely N-dealkylation sites (tertiary alicyclic amines) is 1. The Morgan fingerprint density at radius 1 is 1.38 bits per heavy atom. The zero-order valence-electron chi connectivity index (χ0n) is 16.1. The molecule has 2 aromatic rings. The Morgan fingerprint density at radius 3 is 2.88 bits per heavy atom. The number of nitrogens with zero attached hydrogens (tertiary/aromatic N) is 1. The van der Waals surface area contributed by atoms with Crippen molar-refractivity contribution in [2.24, 2.45) is 5.41 Å². The number of carbonyl (C=O) groups is 1. The van der Waals surface area contributed by atoms with Crippen LogP contribution in [0.3, 0.4) is 0 Å². The molecule has 1 unspecified atom stereocenters. The molecule has 0 spiro atoms.